The van der Waals surface area contributed by atoms with Crippen LogP contribution in [0.1, 0.15) is 42.7 Å². The van der Waals surface area contributed by atoms with Gasteiger partial charge in [-0.3, -0.25) is 34.3 Å². The second-order valence-electron chi connectivity index (χ2n) is 13.5. The van der Waals surface area contributed by atoms with E-state index in [2.05, 4.69) is 5.43 Å². The maximum atomic E-state index is 15.3. The number of hydrogen-bond donors (Lipinski definition) is 3. The summed E-state index contributed by atoms with van der Waals surface area (Å²) in [5.41, 5.74) is 3.31. The van der Waals surface area contributed by atoms with E-state index in [-0.39, 0.29) is 60.3 Å². The fraction of sp³-hybridized carbons (Fsp3) is 0.342. The number of aromatic hydroxyl groups is 1. The van der Waals surface area contributed by atoms with E-state index in [1.165, 1.54) is 26.4 Å². The number of allylic oxidation sites excluding steroid dienone is 2. The zero-order valence-electron chi connectivity index (χ0n) is 28.2. The van der Waals surface area contributed by atoms with Crippen molar-refractivity contribution in [1.82, 2.24) is 9.91 Å². The first kappa shape index (κ1) is 35.3. The van der Waals surface area contributed by atoms with Crippen LogP contribution >= 0.6 is 23.2 Å². The summed E-state index contributed by atoms with van der Waals surface area (Å²) in [6.45, 7) is -0.0367. The summed E-state index contributed by atoms with van der Waals surface area (Å²) in [4.78, 5) is 70.3. The lowest BCUT2D eigenvalue weighted by Crippen LogP contribution is -2.53. The molecule has 7 rings (SSSR count). The molecule has 3 N–H and O–H groups in total. The highest BCUT2D eigenvalue weighted by Gasteiger charge is 2.70. The Bertz CT molecular complexity index is 2040. The standard InChI is InChI=1S/C38H35Cl2N3O9/c1-51-22-9-6-20(7-10-22)38-26(35(48)43(37(38)50)41-28-13-8-21(39)17-27(28)40)18-25-23(33(38)19-5-14-30(52-2)29(44)16-19)11-12-24-32(25)36(49)42(34(24)47)15-3-4-31(45)46/h5-11,13-14,16-17,24-26,32-33,41,44H,3-4,12,15,18H2,1-2H3,(H,45,46)/t24-,25+,26-,32-,33-,38+/m0/s1. The number of nitrogens with one attached hydrogen (secondary N) is 1. The fourth-order valence-corrected chi connectivity index (χ4v) is 9.23. The third kappa shape index (κ3) is 5.47. The number of imide groups is 2. The van der Waals surface area contributed by atoms with E-state index in [4.69, 9.17) is 32.7 Å². The van der Waals surface area contributed by atoms with Crippen LogP contribution in [0, 0.1) is 23.7 Å². The number of carboxylic acids is 1. The summed E-state index contributed by atoms with van der Waals surface area (Å²) >= 11 is 12.6. The second kappa shape index (κ2) is 13.5. The number of ether oxygens (including phenoxy) is 2. The highest BCUT2D eigenvalue weighted by atomic mass is 35.5. The number of carbonyl (C=O) groups is 5. The maximum absolute atomic E-state index is 15.3. The molecule has 270 valence electrons. The van der Waals surface area contributed by atoms with Gasteiger partial charge in [-0.1, -0.05) is 53.1 Å². The predicted molar refractivity (Wildman–Crippen MR) is 189 cm³/mol. The van der Waals surface area contributed by atoms with Gasteiger partial charge in [-0.25, -0.2) is 0 Å². The first-order valence-corrected chi connectivity index (χ1v) is 17.6. The van der Waals surface area contributed by atoms with Gasteiger partial charge in [0, 0.05) is 23.9 Å². The van der Waals surface area contributed by atoms with Crippen molar-refractivity contribution in [3.63, 3.8) is 0 Å². The van der Waals surface area contributed by atoms with Crippen LogP contribution in [0.2, 0.25) is 10.0 Å². The normalized spacial score (nSPS) is 26.5. The van der Waals surface area contributed by atoms with Gasteiger partial charge in [0.15, 0.2) is 11.5 Å². The van der Waals surface area contributed by atoms with Gasteiger partial charge in [-0.15, -0.1) is 0 Å². The molecular weight excluding hydrogens is 713 g/mol. The first-order chi connectivity index (χ1) is 24.9. The minimum atomic E-state index is -1.60. The highest BCUT2D eigenvalue weighted by molar-refractivity contribution is 6.36. The lowest BCUT2D eigenvalue weighted by Gasteiger charge is -2.50. The zero-order chi connectivity index (χ0) is 37.1. The number of methoxy groups -OCH3 is 2. The Kier molecular flexibility index (Phi) is 9.16. The van der Waals surface area contributed by atoms with Crippen LogP contribution in [0.3, 0.4) is 0 Å². The van der Waals surface area contributed by atoms with Gasteiger partial charge in [-0.05, 0) is 78.8 Å². The largest absolute Gasteiger partial charge is 0.504 e. The highest BCUT2D eigenvalue weighted by Crippen LogP contribution is 2.64. The molecule has 3 aromatic carbocycles. The van der Waals surface area contributed by atoms with E-state index in [0.29, 0.717) is 27.5 Å². The lowest BCUT2D eigenvalue weighted by atomic mass is 9.49. The molecule has 12 nitrogen and oxygen atoms in total. The van der Waals surface area contributed by atoms with Gasteiger partial charge in [0.05, 0.1) is 48.1 Å². The molecule has 52 heavy (non-hydrogen) atoms. The molecule has 2 saturated heterocycles. The van der Waals surface area contributed by atoms with Crippen molar-refractivity contribution >= 4 is 58.5 Å². The molecule has 2 aliphatic heterocycles. The van der Waals surface area contributed by atoms with Crippen molar-refractivity contribution in [2.45, 2.75) is 37.0 Å². The van der Waals surface area contributed by atoms with Gasteiger partial charge in [0.2, 0.25) is 11.8 Å². The molecule has 14 heteroatoms. The van der Waals surface area contributed by atoms with Crippen molar-refractivity contribution in [1.29, 1.82) is 0 Å². The summed E-state index contributed by atoms with van der Waals surface area (Å²) in [6, 6.07) is 16.3. The Balaban J connectivity index is 1.42. The number of aliphatic carboxylic acids is 1. The summed E-state index contributed by atoms with van der Waals surface area (Å²) in [5.74, 6) is -6.56. The Morgan fingerprint density at radius 2 is 1.69 bits per heavy atom. The number of hydrazine groups is 1. The monoisotopic (exact) mass is 747 g/mol. The Labute approximate surface area is 308 Å². The Hall–Kier alpha value is -5.07. The van der Waals surface area contributed by atoms with Crippen molar-refractivity contribution in [2.75, 3.05) is 26.2 Å². The van der Waals surface area contributed by atoms with Crippen LogP contribution in [0.4, 0.5) is 5.69 Å². The molecule has 0 aromatic heterocycles. The zero-order valence-corrected chi connectivity index (χ0v) is 29.7. The third-order valence-electron chi connectivity index (χ3n) is 11.0. The number of fused-ring (bicyclic) bond motifs is 4. The van der Waals surface area contributed by atoms with Crippen LogP contribution in [-0.2, 0) is 29.4 Å². The second-order valence-corrected chi connectivity index (χ2v) is 14.3. The quantitative estimate of drug-likeness (QED) is 0.177. The SMILES string of the molecule is COc1ccc([C@@]23C(=O)N(Nc4ccc(Cl)cc4Cl)C(=O)[C@@H]2C[C@@H]2C(=CC[C@@H]4C(=O)N(CCCC(=O)O)C(=O)[C@@H]42)[C@@H]3c2ccc(OC)c(O)c2)cc1. The van der Waals surface area contributed by atoms with Crippen molar-refractivity contribution in [3.8, 4) is 17.2 Å². The summed E-state index contributed by atoms with van der Waals surface area (Å²) in [6.07, 6.45) is 2.05. The van der Waals surface area contributed by atoms with Crippen LogP contribution in [0.5, 0.6) is 17.2 Å². The van der Waals surface area contributed by atoms with Gasteiger partial charge >= 0.3 is 5.97 Å². The van der Waals surface area contributed by atoms with Crippen LogP contribution in [0.15, 0.2) is 72.3 Å². The summed E-state index contributed by atoms with van der Waals surface area (Å²) < 4.78 is 10.8. The van der Waals surface area contributed by atoms with Gasteiger partial charge in [0.1, 0.15) is 5.75 Å². The van der Waals surface area contributed by atoms with Gasteiger partial charge < -0.3 is 19.7 Å². The van der Waals surface area contributed by atoms with E-state index < -0.39 is 58.7 Å². The van der Waals surface area contributed by atoms with Crippen LogP contribution in [-0.4, -0.2) is 70.5 Å². The van der Waals surface area contributed by atoms with Gasteiger partial charge in [-0.2, -0.15) is 5.01 Å². The Morgan fingerprint density at radius 1 is 0.942 bits per heavy atom. The molecule has 1 saturated carbocycles. The van der Waals surface area contributed by atoms with Crippen LogP contribution < -0.4 is 14.9 Å². The molecule has 4 amide bonds. The van der Waals surface area contributed by atoms with Crippen molar-refractivity contribution in [2.24, 2.45) is 23.7 Å². The average molecular weight is 749 g/mol. The lowest BCUT2D eigenvalue weighted by molar-refractivity contribution is -0.142. The number of anilines is 1. The molecule has 0 unspecified atom stereocenters. The van der Waals surface area contributed by atoms with Crippen molar-refractivity contribution < 1.29 is 43.7 Å². The number of hydrogen-bond acceptors (Lipinski definition) is 9. The maximum Gasteiger partial charge on any atom is 0.303 e. The first-order valence-electron chi connectivity index (χ1n) is 16.8. The van der Waals surface area contributed by atoms with E-state index in [9.17, 15) is 29.4 Å². The number of likely N-dealkylation sites (tertiary alicyclic amines) is 1. The average Bonchev–Trinajstić information content (AvgIpc) is 3.49. The molecule has 3 aromatic rings. The number of rotatable bonds is 10. The van der Waals surface area contributed by atoms with Crippen molar-refractivity contribution in [3.05, 3.63) is 93.5 Å². The van der Waals surface area contributed by atoms with Gasteiger partial charge in [0.25, 0.3) is 11.8 Å². The Morgan fingerprint density at radius 3 is 2.35 bits per heavy atom. The van der Waals surface area contributed by atoms with E-state index >= 15 is 4.79 Å². The number of benzene rings is 3. The molecule has 6 atom stereocenters. The predicted octanol–water partition coefficient (Wildman–Crippen LogP) is 5.57. The number of nitrogens with zero attached hydrogens (tertiary/aromatic N) is 2. The smallest absolute Gasteiger partial charge is 0.303 e. The molecule has 2 heterocycles. The minimum absolute atomic E-state index is 0.0367. The molecule has 0 radical (unpaired) electrons. The number of phenols is 1. The van der Waals surface area contributed by atoms with Crippen LogP contribution in [0.25, 0.3) is 0 Å². The molecule has 3 fully saturated rings. The summed E-state index contributed by atoms with van der Waals surface area (Å²) in [5, 5.41) is 21.8. The van der Waals surface area contributed by atoms with E-state index in [1.807, 2.05) is 6.08 Å². The summed E-state index contributed by atoms with van der Waals surface area (Å²) in [7, 11) is 2.93. The van der Waals surface area contributed by atoms with E-state index in [0.717, 1.165) is 9.91 Å². The number of amides is 4. The third-order valence-corrected chi connectivity index (χ3v) is 11.5. The molecular formula is C38H35Cl2N3O9. The molecule has 0 bridgehead atoms. The topological polar surface area (TPSA) is 163 Å². The number of halogens is 2. The number of phenolic OH excluding ortho intramolecular Hbond substituents is 1. The molecule has 4 aliphatic rings. The number of carbonyl (C=O) groups excluding carboxylic acids is 4. The molecule has 2 aliphatic carbocycles. The van der Waals surface area contributed by atoms with E-state index in [1.54, 1.807) is 48.5 Å². The molecule has 0 spiro atoms. The minimum Gasteiger partial charge on any atom is -0.504 e. The fourth-order valence-electron chi connectivity index (χ4n) is 8.78. The number of carboxylic acid groups (broad SMARTS) is 1.